The minimum atomic E-state index is -4.18. The predicted molar refractivity (Wildman–Crippen MR) is 62.0 cm³/mol. The molecule has 0 radical (unpaired) electrons. The maximum absolute atomic E-state index is 11.4. The standard InChI is InChI=1S/C9H14N4O4S/c1-2-10-9(14)8-3-5-13(11-7-8)6-4-12-18(15,16)17/h3,5,7,12H,2,4,6H2,1H3,(H-,10,14,15,16,17)/p+1. The third kappa shape index (κ3) is 5.17. The first kappa shape index (κ1) is 14.5. The van der Waals surface area contributed by atoms with Crippen LogP contribution in [0.15, 0.2) is 18.5 Å². The SMILES string of the molecule is CCNC(=O)c1cc[n+](CCNS(=O)(=O)O)nc1. The van der Waals surface area contributed by atoms with E-state index in [1.54, 1.807) is 12.3 Å². The molecular weight excluding hydrogens is 260 g/mol. The summed E-state index contributed by atoms with van der Waals surface area (Å²) in [5.41, 5.74) is 0.427. The first-order chi connectivity index (χ1) is 8.42. The van der Waals surface area contributed by atoms with Crippen molar-refractivity contribution in [1.82, 2.24) is 15.1 Å². The minimum absolute atomic E-state index is 0.0109. The molecule has 0 saturated carbocycles. The number of aromatic nitrogens is 2. The van der Waals surface area contributed by atoms with Crippen LogP contribution < -0.4 is 14.7 Å². The molecule has 9 heteroatoms. The van der Waals surface area contributed by atoms with Crippen molar-refractivity contribution in [2.24, 2.45) is 0 Å². The summed E-state index contributed by atoms with van der Waals surface area (Å²) in [7, 11) is -4.18. The Hall–Kier alpha value is -1.58. The summed E-state index contributed by atoms with van der Waals surface area (Å²) in [5, 5.41) is 6.57. The molecule has 8 nitrogen and oxygen atoms in total. The lowest BCUT2D eigenvalue weighted by Crippen LogP contribution is -2.43. The lowest BCUT2D eigenvalue weighted by Gasteiger charge is -2.00. The van der Waals surface area contributed by atoms with Crippen molar-refractivity contribution in [1.29, 1.82) is 0 Å². The molecule has 0 aliphatic carbocycles. The molecule has 0 spiro atoms. The van der Waals surface area contributed by atoms with Gasteiger partial charge in [-0.1, -0.05) is 4.68 Å². The van der Waals surface area contributed by atoms with Gasteiger partial charge >= 0.3 is 10.3 Å². The van der Waals surface area contributed by atoms with Gasteiger partial charge in [-0.2, -0.15) is 13.1 Å². The van der Waals surface area contributed by atoms with Crippen LogP contribution in [0.2, 0.25) is 0 Å². The van der Waals surface area contributed by atoms with Gasteiger partial charge in [0.05, 0.1) is 12.1 Å². The molecule has 1 rings (SSSR count). The fourth-order valence-corrected chi connectivity index (χ4v) is 1.55. The van der Waals surface area contributed by atoms with E-state index in [0.717, 1.165) is 0 Å². The highest BCUT2D eigenvalue weighted by Crippen LogP contribution is 1.92. The Morgan fingerprint density at radius 3 is 2.78 bits per heavy atom. The van der Waals surface area contributed by atoms with Crippen LogP contribution >= 0.6 is 0 Å². The molecule has 0 atom stereocenters. The third-order valence-corrected chi connectivity index (χ3v) is 2.57. The smallest absolute Gasteiger partial charge is 0.333 e. The van der Waals surface area contributed by atoms with Gasteiger partial charge in [-0.25, -0.2) is 0 Å². The first-order valence-electron chi connectivity index (χ1n) is 5.28. The zero-order chi connectivity index (χ0) is 13.6. The molecule has 0 bridgehead atoms. The van der Waals surface area contributed by atoms with Crippen LogP contribution in [0.25, 0.3) is 0 Å². The average molecular weight is 275 g/mol. The predicted octanol–water partition coefficient (Wildman–Crippen LogP) is -1.49. The molecule has 1 aromatic heterocycles. The fraction of sp³-hybridized carbons (Fsp3) is 0.444. The van der Waals surface area contributed by atoms with E-state index < -0.39 is 10.3 Å². The van der Waals surface area contributed by atoms with Crippen LogP contribution in [-0.4, -0.2) is 37.1 Å². The van der Waals surface area contributed by atoms with Gasteiger partial charge in [0.15, 0.2) is 12.7 Å². The Balaban J connectivity index is 2.53. The van der Waals surface area contributed by atoms with Gasteiger partial charge in [0, 0.05) is 12.6 Å². The largest absolute Gasteiger partial charge is 0.352 e. The summed E-state index contributed by atoms with van der Waals surface area (Å²) in [4.78, 5) is 11.4. The number of amides is 1. The lowest BCUT2D eigenvalue weighted by molar-refractivity contribution is -0.752. The molecule has 0 unspecified atom stereocenters. The number of carbonyl (C=O) groups is 1. The second-order valence-corrected chi connectivity index (χ2v) is 4.65. The van der Waals surface area contributed by atoms with Crippen LogP contribution in [-0.2, 0) is 16.8 Å². The van der Waals surface area contributed by atoms with Crippen molar-refractivity contribution < 1.29 is 22.4 Å². The molecule has 1 amide bonds. The van der Waals surface area contributed by atoms with E-state index in [-0.39, 0.29) is 19.0 Å². The van der Waals surface area contributed by atoms with Gasteiger partial charge in [0.2, 0.25) is 0 Å². The molecule has 0 aliphatic heterocycles. The summed E-state index contributed by atoms with van der Waals surface area (Å²) >= 11 is 0. The Morgan fingerprint density at radius 2 is 2.28 bits per heavy atom. The maximum atomic E-state index is 11.4. The Labute approximate surface area is 105 Å². The Kier molecular flexibility index (Phi) is 5.13. The van der Waals surface area contributed by atoms with Crippen LogP contribution in [0.4, 0.5) is 0 Å². The Bertz CT molecular complexity index is 500. The number of hydrogen-bond acceptors (Lipinski definition) is 4. The second-order valence-electron chi connectivity index (χ2n) is 3.41. The van der Waals surface area contributed by atoms with E-state index in [1.807, 2.05) is 11.6 Å². The van der Waals surface area contributed by atoms with Gasteiger partial charge < -0.3 is 5.32 Å². The van der Waals surface area contributed by atoms with Crippen LogP contribution in [0.3, 0.4) is 0 Å². The molecular formula is C9H15N4O4S+. The van der Waals surface area contributed by atoms with E-state index >= 15 is 0 Å². The summed E-state index contributed by atoms with van der Waals surface area (Å²) in [6, 6.07) is 1.57. The normalized spacial score (nSPS) is 11.2. The Morgan fingerprint density at radius 1 is 1.56 bits per heavy atom. The summed E-state index contributed by atoms with van der Waals surface area (Å²) in [5.74, 6) is -0.215. The summed E-state index contributed by atoms with van der Waals surface area (Å²) < 4.78 is 32.6. The molecule has 0 aliphatic rings. The zero-order valence-electron chi connectivity index (χ0n) is 9.83. The van der Waals surface area contributed by atoms with Crippen molar-refractivity contribution >= 4 is 16.2 Å². The van der Waals surface area contributed by atoms with Crippen LogP contribution in [0.5, 0.6) is 0 Å². The molecule has 1 aromatic rings. The lowest BCUT2D eigenvalue weighted by atomic mass is 10.3. The third-order valence-electron chi connectivity index (χ3n) is 2.00. The first-order valence-corrected chi connectivity index (χ1v) is 6.72. The van der Waals surface area contributed by atoms with Gasteiger partial charge in [0.25, 0.3) is 5.91 Å². The summed E-state index contributed by atoms with van der Waals surface area (Å²) in [6.07, 6.45) is 2.94. The van der Waals surface area contributed by atoms with Crippen molar-refractivity contribution in [3.8, 4) is 0 Å². The molecule has 0 saturated heterocycles. The molecule has 3 N–H and O–H groups in total. The average Bonchev–Trinajstić information content (AvgIpc) is 2.28. The monoisotopic (exact) mass is 275 g/mol. The number of nitrogens with zero attached hydrogens (tertiary/aromatic N) is 2. The number of carbonyl (C=O) groups excluding carboxylic acids is 1. The van der Waals surface area contributed by atoms with Gasteiger partial charge in [-0.15, -0.1) is 0 Å². The fourth-order valence-electron chi connectivity index (χ4n) is 1.20. The highest BCUT2D eigenvalue weighted by atomic mass is 32.2. The van der Waals surface area contributed by atoms with Crippen molar-refractivity contribution in [2.45, 2.75) is 13.5 Å². The highest BCUT2D eigenvalue weighted by Gasteiger charge is 2.09. The molecule has 100 valence electrons. The van der Waals surface area contributed by atoms with Crippen molar-refractivity contribution in [3.05, 3.63) is 24.0 Å². The quantitative estimate of drug-likeness (QED) is 0.432. The van der Waals surface area contributed by atoms with E-state index in [1.165, 1.54) is 10.9 Å². The topological polar surface area (TPSA) is 112 Å². The molecule has 0 aromatic carbocycles. The summed E-state index contributed by atoms with van der Waals surface area (Å²) in [6.45, 7) is 2.61. The number of rotatable bonds is 6. The van der Waals surface area contributed by atoms with Crippen LogP contribution in [0, 0.1) is 0 Å². The van der Waals surface area contributed by atoms with Gasteiger partial charge in [-0.05, 0) is 12.0 Å². The highest BCUT2D eigenvalue weighted by molar-refractivity contribution is 7.83. The van der Waals surface area contributed by atoms with Gasteiger partial charge in [-0.3, -0.25) is 9.35 Å². The van der Waals surface area contributed by atoms with Crippen LogP contribution in [0.1, 0.15) is 17.3 Å². The maximum Gasteiger partial charge on any atom is 0.333 e. The number of nitrogens with one attached hydrogen (secondary N) is 2. The molecule has 0 fully saturated rings. The second kappa shape index (κ2) is 6.38. The van der Waals surface area contributed by atoms with Gasteiger partial charge in [0.1, 0.15) is 6.20 Å². The zero-order valence-corrected chi connectivity index (χ0v) is 10.6. The molecule has 18 heavy (non-hydrogen) atoms. The van der Waals surface area contributed by atoms with E-state index in [2.05, 4.69) is 10.4 Å². The van der Waals surface area contributed by atoms with E-state index in [4.69, 9.17) is 4.55 Å². The van der Waals surface area contributed by atoms with E-state index in [9.17, 15) is 13.2 Å². The minimum Gasteiger partial charge on any atom is -0.352 e. The van der Waals surface area contributed by atoms with E-state index in [0.29, 0.717) is 12.1 Å². The van der Waals surface area contributed by atoms with Crippen molar-refractivity contribution in [3.63, 3.8) is 0 Å². The number of hydrogen-bond donors (Lipinski definition) is 3. The van der Waals surface area contributed by atoms with Crippen molar-refractivity contribution in [2.75, 3.05) is 13.1 Å². The molecule has 1 heterocycles.